The van der Waals surface area contributed by atoms with Crippen LogP contribution in [0.15, 0.2) is 0 Å². The SMILES string of the molecule is CC(NC(=O)C1CCCCC1)c1nnc2n1CCC2. The van der Waals surface area contributed by atoms with E-state index in [1.165, 1.54) is 19.3 Å². The summed E-state index contributed by atoms with van der Waals surface area (Å²) in [7, 11) is 0. The molecule has 0 bridgehead atoms. The molecule has 1 unspecified atom stereocenters. The number of rotatable bonds is 3. The molecule has 5 heteroatoms. The summed E-state index contributed by atoms with van der Waals surface area (Å²) in [5.74, 6) is 2.38. The Hall–Kier alpha value is -1.39. The predicted octanol–water partition coefficient (Wildman–Crippen LogP) is 1.98. The number of hydrogen-bond donors (Lipinski definition) is 1. The Morgan fingerprint density at radius 2 is 2.05 bits per heavy atom. The second kappa shape index (κ2) is 5.31. The number of fused-ring (bicyclic) bond motifs is 1. The van der Waals surface area contributed by atoms with Crippen LogP contribution in [0.2, 0.25) is 0 Å². The molecule has 1 aliphatic carbocycles. The summed E-state index contributed by atoms with van der Waals surface area (Å²) in [4.78, 5) is 12.2. The standard InChI is InChI=1S/C14H22N4O/c1-10(13-17-16-12-8-5-9-18(12)13)15-14(19)11-6-3-2-4-7-11/h10-11H,2-9H2,1H3,(H,15,19). The lowest BCUT2D eigenvalue weighted by molar-refractivity contribution is -0.126. The third-order valence-corrected chi connectivity index (χ3v) is 4.36. The maximum atomic E-state index is 12.2. The van der Waals surface area contributed by atoms with Gasteiger partial charge in [-0.15, -0.1) is 10.2 Å². The van der Waals surface area contributed by atoms with Crippen molar-refractivity contribution in [3.63, 3.8) is 0 Å². The van der Waals surface area contributed by atoms with Crippen LogP contribution >= 0.6 is 0 Å². The highest BCUT2D eigenvalue weighted by molar-refractivity contribution is 5.79. The van der Waals surface area contributed by atoms with E-state index >= 15 is 0 Å². The number of aryl methyl sites for hydroxylation is 1. The molecule has 5 nitrogen and oxygen atoms in total. The summed E-state index contributed by atoms with van der Waals surface area (Å²) in [6.07, 6.45) is 7.88. The molecule has 2 heterocycles. The van der Waals surface area contributed by atoms with Crippen LogP contribution in [-0.2, 0) is 17.8 Å². The first-order valence-electron chi connectivity index (χ1n) is 7.48. The van der Waals surface area contributed by atoms with Crippen LogP contribution < -0.4 is 5.32 Å². The molecule has 1 N–H and O–H groups in total. The molecule has 0 saturated heterocycles. The molecule has 0 aromatic carbocycles. The van der Waals surface area contributed by atoms with Gasteiger partial charge in [-0.05, 0) is 26.2 Å². The summed E-state index contributed by atoms with van der Waals surface area (Å²) in [5, 5.41) is 11.6. The zero-order valence-corrected chi connectivity index (χ0v) is 11.6. The number of carbonyl (C=O) groups is 1. The van der Waals surface area contributed by atoms with Crippen molar-refractivity contribution in [2.75, 3.05) is 0 Å². The molecule has 0 spiro atoms. The fraction of sp³-hybridized carbons (Fsp3) is 0.786. The Kier molecular flexibility index (Phi) is 3.53. The molecule has 1 aliphatic heterocycles. The lowest BCUT2D eigenvalue weighted by Crippen LogP contribution is -2.34. The van der Waals surface area contributed by atoms with Crippen molar-refractivity contribution >= 4 is 5.91 Å². The molecule has 0 radical (unpaired) electrons. The van der Waals surface area contributed by atoms with Crippen LogP contribution in [0.4, 0.5) is 0 Å². The Balaban J connectivity index is 1.64. The first-order valence-corrected chi connectivity index (χ1v) is 7.48. The van der Waals surface area contributed by atoms with Crippen LogP contribution in [0.3, 0.4) is 0 Å². The highest BCUT2D eigenvalue weighted by Gasteiger charge is 2.26. The van der Waals surface area contributed by atoms with Gasteiger partial charge >= 0.3 is 0 Å². The number of hydrogen-bond acceptors (Lipinski definition) is 3. The zero-order valence-electron chi connectivity index (χ0n) is 11.6. The third kappa shape index (κ3) is 2.51. The van der Waals surface area contributed by atoms with Crippen molar-refractivity contribution in [2.24, 2.45) is 5.92 Å². The molecular weight excluding hydrogens is 240 g/mol. The van der Waals surface area contributed by atoms with Crippen molar-refractivity contribution in [1.82, 2.24) is 20.1 Å². The van der Waals surface area contributed by atoms with E-state index in [-0.39, 0.29) is 17.9 Å². The van der Waals surface area contributed by atoms with Crippen molar-refractivity contribution in [3.8, 4) is 0 Å². The Morgan fingerprint density at radius 3 is 2.84 bits per heavy atom. The normalized spacial score (nSPS) is 21.1. The molecule has 19 heavy (non-hydrogen) atoms. The Labute approximate surface area is 113 Å². The lowest BCUT2D eigenvalue weighted by atomic mass is 9.88. The molecule has 1 aromatic rings. The minimum Gasteiger partial charge on any atom is -0.346 e. The smallest absolute Gasteiger partial charge is 0.223 e. The van der Waals surface area contributed by atoms with E-state index in [4.69, 9.17) is 0 Å². The van der Waals surface area contributed by atoms with Crippen LogP contribution in [0.1, 0.15) is 63.1 Å². The zero-order chi connectivity index (χ0) is 13.2. The van der Waals surface area contributed by atoms with Gasteiger partial charge < -0.3 is 9.88 Å². The number of carbonyl (C=O) groups excluding carboxylic acids is 1. The minimum atomic E-state index is -0.0335. The van der Waals surface area contributed by atoms with Gasteiger partial charge in [-0.1, -0.05) is 19.3 Å². The number of aromatic nitrogens is 3. The van der Waals surface area contributed by atoms with E-state index in [0.717, 1.165) is 43.9 Å². The average molecular weight is 262 g/mol. The van der Waals surface area contributed by atoms with Gasteiger partial charge in [-0.25, -0.2) is 0 Å². The van der Waals surface area contributed by atoms with Crippen molar-refractivity contribution < 1.29 is 4.79 Å². The van der Waals surface area contributed by atoms with Gasteiger partial charge in [0.2, 0.25) is 5.91 Å². The summed E-state index contributed by atoms with van der Waals surface area (Å²) in [6.45, 7) is 3.00. The van der Waals surface area contributed by atoms with Crippen molar-refractivity contribution in [3.05, 3.63) is 11.6 Å². The fourth-order valence-corrected chi connectivity index (χ4v) is 3.25. The molecule has 104 valence electrons. The maximum Gasteiger partial charge on any atom is 0.223 e. The molecule has 3 rings (SSSR count). The first kappa shape index (κ1) is 12.6. The monoisotopic (exact) mass is 262 g/mol. The van der Waals surface area contributed by atoms with E-state index in [2.05, 4.69) is 20.1 Å². The van der Waals surface area contributed by atoms with Crippen LogP contribution in [-0.4, -0.2) is 20.7 Å². The van der Waals surface area contributed by atoms with E-state index in [9.17, 15) is 4.79 Å². The number of nitrogens with zero attached hydrogens (tertiary/aromatic N) is 3. The number of amides is 1. The van der Waals surface area contributed by atoms with E-state index in [1.54, 1.807) is 0 Å². The van der Waals surface area contributed by atoms with Crippen molar-refractivity contribution in [2.45, 2.75) is 64.5 Å². The molecule has 1 amide bonds. The fourth-order valence-electron chi connectivity index (χ4n) is 3.25. The largest absolute Gasteiger partial charge is 0.346 e. The first-order chi connectivity index (χ1) is 9.25. The summed E-state index contributed by atoms with van der Waals surface area (Å²) < 4.78 is 2.16. The lowest BCUT2D eigenvalue weighted by Gasteiger charge is -2.23. The molecule has 1 aromatic heterocycles. The highest BCUT2D eigenvalue weighted by atomic mass is 16.1. The third-order valence-electron chi connectivity index (χ3n) is 4.36. The molecular formula is C14H22N4O. The predicted molar refractivity (Wildman–Crippen MR) is 71.5 cm³/mol. The average Bonchev–Trinajstić information content (AvgIpc) is 3.01. The topological polar surface area (TPSA) is 59.8 Å². The van der Waals surface area contributed by atoms with E-state index < -0.39 is 0 Å². The quantitative estimate of drug-likeness (QED) is 0.906. The van der Waals surface area contributed by atoms with Gasteiger partial charge in [0.15, 0.2) is 5.82 Å². The molecule has 1 atom stereocenters. The van der Waals surface area contributed by atoms with Crippen LogP contribution in [0.25, 0.3) is 0 Å². The van der Waals surface area contributed by atoms with E-state index in [1.807, 2.05) is 6.92 Å². The summed E-state index contributed by atoms with van der Waals surface area (Å²) >= 11 is 0. The molecule has 1 saturated carbocycles. The molecule has 1 fully saturated rings. The van der Waals surface area contributed by atoms with Gasteiger partial charge in [0.05, 0.1) is 6.04 Å². The second-order valence-corrected chi connectivity index (χ2v) is 5.79. The van der Waals surface area contributed by atoms with Gasteiger partial charge in [0.25, 0.3) is 0 Å². The molecule has 2 aliphatic rings. The Morgan fingerprint density at radius 1 is 1.26 bits per heavy atom. The summed E-state index contributed by atoms with van der Waals surface area (Å²) in [6, 6.07) is -0.0335. The summed E-state index contributed by atoms with van der Waals surface area (Å²) in [5.41, 5.74) is 0. The van der Waals surface area contributed by atoms with Crippen molar-refractivity contribution in [1.29, 1.82) is 0 Å². The highest BCUT2D eigenvalue weighted by Crippen LogP contribution is 2.25. The maximum absolute atomic E-state index is 12.2. The van der Waals surface area contributed by atoms with E-state index in [0.29, 0.717) is 0 Å². The minimum absolute atomic E-state index is 0.0335. The Bertz CT molecular complexity index is 462. The van der Waals surface area contributed by atoms with Gasteiger partial charge in [0, 0.05) is 18.9 Å². The van der Waals surface area contributed by atoms with Gasteiger partial charge in [0.1, 0.15) is 5.82 Å². The van der Waals surface area contributed by atoms with Crippen LogP contribution in [0, 0.1) is 5.92 Å². The van der Waals surface area contributed by atoms with Gasteiger partial charge in [-0.3, -0.25) is 4.79 Å². The van der Waals surface area contributed by atoms with Gasteiger partial charge in [-0.2, -0.15) is 0 Å². The number of nitrogens with one attached hydrogen (secondary N) is 1. The van der Waals surface area contributed by atoms with Crippen LogP contribution in [0.5, 0.6) is 0 Å². The second-order valence-electron chi connectivity index (χ2n) is 5.79.